The van der Waals surface area contributed by atoms with Crippen molar-refractivity contribution in [2.45, 2.75) is 52.6 Å². The summed E-state index contributed by atoms with van der Waals surface area (Å²) in [6.45, 7) is 7.03. The first-order valence-corrected chi connectivity index (χ1v) is 11.1. The first kappa shape index (κ1) is 20.4. The lowest BCUT2D eigenvalue weighted by Crippen LogP contribution is -2.24. The van der Waals surface area contributed by atoms with Crippen molar-refractivity contribution < 1.29 is 4.79 Å². The minimum absolute atomic E-state index is 0.0932. The Hall–Kier alpha value is -3.48. The number of aromatic nitrogens is 5. The summed E-state index contributed by atoms with van der Waals surface area (Å²) < 4.78 is 3.78. The Morgan fingerprint density at radius 2 is 1.84 bits per heavy atom. The van der Waals surface area contributed by atoms with Gasteiger partial charge in [0.25, 0.3) is 5.91 Å². The van der Waals surface area contributed by atoms with Gasteiger partial charge in [0.2, 0.25) is 0 Å². The number of carbonyl (C=O) groups is 1. The summed E-state index contributed by atoms with van der Waals surface area (Å²) in [6, 6.07) is 12.2. The monoisotopic (exact) mass is 428 g/mol. The first-order chi connectivity index (χ1) is 15.4. The van der Waals surface area contributed by atoms with Crippen LogP contribution in [0.1, 0.15) is 63.0 Å². The minimum atomic E-state index is -0.0932. The molecule has 1 saturated carbocycles. The molecule has 1 aliphatic carbocycles. The van der Waals surface area contributed by atoms with Crippen molar-refractivity contribution in [3.8, 4) is 0 Å². The van der Waals surface area contributed by atoms with Crippen LogP contribution in [-0.2, 0) is 20.1 Å². The van der Waals surface area contributed by atoms with Gasteiger partial charge in [0.05, 0.1) is 28.9 Å². The number of nitrogens with zero attached hydrogens (tertiary/aromatic N) is 5. The normalized spacial score (nSPS) is 13.6. The summed E-state index contributed by atoms with van der Waals surface area (Å²) >= 11 is 0. The standard InChI is InChI=1S/C25H28N6O/c1-15-21(17(3)30(4)28-15)13-26-25(32)20-12-22(19-10-11-19)27-24-23(20)16(2)29-31(24)14-18-8-6-5-7-9-18/h5-9,12,19H,10-11,13-14H2,1-4H3,(H,26,32). The Morgan fingerprint density at radius 1 is 1.09 bits per heavy atom. The van der Waals surface area contributed by atoms with Crippen LogP contribution in [0.25, 0.3) is 11.0 Å². The molecular formula is C25H28N6O. The molecule has 3 heterocycles. The highest BCUT2D eigenvalue weighted by atomic mass is 16.1. The van der Waals surface area contributed by atoms with E-state index in [-0.39, 0.29) is 5.91 Å². The van der Waals surface area contributed by atoms with Gasteiger partial charge in [-0.3, -0.25) is 9.48 Å². The Kier molecular flexibility index (Phi) is 5.04. The Morgan fingerprint density at radius 3 is 2.50 bits per heavy atom. The lowest BCUT2D eigenvalue weighted by molar-refractivity contribution is 0.0952. The maximum absolute atomic E-state index is 13.4. The number of benzene rings is 1. The van der Waals surface area contributed by atoms with Crippen molar-refractivity contribution in [1.82, 2.24) is 29.9 Å². The minimum Gasteiger partial charge on any atom is -0.348 e. The van der Waals surface area contributed by atoms with E-state index in [1.54, 1.807) is 0 Å². The second-order valence-electron chi connectivity index (χ2n) is 8.75. The van der Waals surface area contributed by atoms with Gasteiger partial charge in [0, 0.05) is 36.5 Å². The molecule has 0 radical (unpaired) electrons. The molecule has 7 heteroatoms. The van der Waals surface area contributed by atoms with Gasteiger partial charge in [0.15, 0.2) is 5.65 Å². The largest absolute Gasteiger partial charge is 0.348 e. The van der Waals surface area contributed by atoms with Crippen molar-refractivity contribution in [1.29, 1.82) is 0 Å². The van der Waals surface area contributed by atoms with Crippen LogP contribution in [0.15, 0.2) is 36.4 Å². The molecule has 0 unspecified atom stereocenters. The lowest BCUT2D eigenvalue weighted by Gasteiger charge is -2.10. The number of aryl methyl sites for hydroxylation is 3. The molecule has 0 saturated heterocycles. The number of carbonyl (C=O) groups excluding carboxylic acids is 1. The van der Waals surface area contributed by atoms with E-state index in [1.807, 2.05) is 61.4 Å². The van der Waals surface area contributed by atoms with Gasteiger partial charge in [-0.2, -0.15) is 10.2 Å². The molecule has 164 valence electrons. The van der Waals surface area contributed by atoms with E-state index in [9.17, 15) is 4.79 Å². The van der Waals surface area contributed by atoms with E-state index in [1.165, 1.54) is 0 Å². The summed E-state index contributed by atoms with van der Waals surface area (Å²) in [5.74, 6) is 0.346. The summed E-state index contributed by atoms with van der Waals surface area (Å²) in [5.41, 5.74) is 7.48. The van der Waals surface area contributed by atoms with Gasteiger partial charge in [0.1, 0.15) is 0 Å². The Labute approximate surface area is 187 Å². The second-order valence-corrected chi connectivity index (χ2v) is 8.75. The predicted molar refractivity (Wildman–Crippen MR) is 124 cm³/mol. The van der Waals surface area contributed by atoms with Crippen LogP contribution in [0.2, 0.25) is 0 Å². The van der Waals surface area contributed by atoms with Gasteiger partial charge in [-0.05, 0) is 45.2 Å². The number of amides is 1. The Bertz CT molecular complexity index is 1310. The molecule has 0 spiro atoms. The van der Waals surface area contributed by atoms with Crippen LogP contribution in [0.4, 0.5) is 0 Å². The van der Waals surface area contributed by atoms with Crippen LogP contribution in [0, 0.1) is 20.8 Å². The van der Waals surface area contributed by atoms with Crippen LogP contribution in [0.5, 0.6) is 0 Å². The number of hydrogen-bond acceptors (Lipinski definition) is 4. The predicted octanol–water partition coefficient (Wildman–Crippen LogP) is 3.95. The third-order valence-corrected chi connectivity index (χ3v) is 6.40. The molecular weight excluding hydrogens is 400 g/mol. The molecule has 1 aromatic carbocycles. The smallest absolute Gasteiger partial charge is 0.252 e. The summed E-state index contributed by atoms with van der Waals surface area (Å²) in [7, 11) is 1.92. The molecule has 1 amide bonds. The molecule has 0 aliphatic heterocycles. The zero-order chi connectivity index (χ0) is 22.4. The molecule has 5 rings (SSSR count). The molecule has 32 heavy (non-hydrogen) atoms. The van der Waals surface area contributed by atoms with E-state index in [2.05, 4.69) is 22.5 Å². The van der Waals surface area contributed by atoms with Gasteiger partial charge < -0.3 is 5.32 Å². The molecule has 0 atom stereocenters. The molecule has 4 aromatic rings. The van der Waals surface area contributed by atoms with Gasteiger partial charge in [-0.15, -0.1) is 0 Å². The summed E-state index contributed by atoms with van der Waals surface area (Å²) in [6.07, 6.45) is 2.25. The van der Waals surface area contributed by atoms with Gasteiger partial charge in [-0.25, -0.2) is 9.67 Å². The SMILES string of the molecule is Cc1nn(C)c(C)c1CNC(=O)c1cc(C2CC2)nc2c1c(C)nn2Cc1ccccc1. The highest BCUT2D eigenvalue weighted by Gasteiger charge is 2.29. The summed E-state index contributed by atoms with van der Waals surface area (Å²) in [5, 5.41) is 13.2. The molecule has 1 aliphatic rings. The van der Waals surface area contributed by atoms with E-state index >= 15 is 0 Å². The maximum atomic E-state index is 13.4. The number of fused-ring (bicyclic) bond motifs is 1. The van der Waals surface area contributed by atoms with Crippen molar-refractivity contribution in [2.24, 2.45) is 7.05 Å². The van der Waals surface area contributed by atoms with Crippen LogP contribution in [-0.4, -0.2) is 30.5 Å². The molecule has 0 bridgehead atoms. The van der Waals surface area contributed by atoms with Crippen LogP contribution < -0.4 is 5.32 Å². The van der Waals surface area contributed by atoms with Crippen molar-refractivity contribution in [3.63, 3.8) is 0 Å². The number of rotatable bonds is 6. The molecule has 7 nitrogen and oxygen atoms in total. The zero-order valence-corrected chi connectivity index (χ0v) is 19.0. The van der Waals surface area contributed by atoms with E-state index in [0.717, 1.165) is 57.8 Å². The topological polar surface area (TPSA) is 77.6 Å². The van der Waals surface area contributed by atoms with Crippen molar-refractivity contribution in [2.75, 3.05) is 0 Å². The van der Waals surface area contributed by atoms with Crippen LogP contribution in [0.3, 0.4) is 0 Å². The second kappa shape index (κ2) is 7.89. The molecule has 3 aromatic heterocycles. The fourth-order valence-electron chi connectivity index (χ4n) is 4.34. The Balaban J connectivity index is 1.52. The average molecular weight is 429 g/mol. The highest BCUT2D eigenvalue weighted by molar-refractivity contribution is 6.06. The third kappa shape index (κ3) is 3.68. The fourth-order valence-corrected chi connectivity index (χ4v) is 4.34. The van der Waals surface area contributed by atoms with Gasteiger partial charge in [-0.1, -0.05) is 30.3 Å². The lowest BCUT2D eigenvalue weighted by atomic mass is 10.1. The van der Waals surface area contributed by atoms with E-state index in [4.69, 9.17) is 10.1 Å². The van der Waals surface area contributed by atoms with E-state index < -0.39 is 0 Å². The summed E-state index contributed by atoms with van der Waals surface area (Å²) in [4.78, 5) is 18.3. The van der Waals surface area contributed by atoms with Crippen molar-refractivity contribution in [3.05, 3.63) is 75.9 Å². The average Bonchev–Trinajstić information content (AvgIpc) is 3.54. The molecule has 1 N–H and O–H groups in total. The van der Waals surface area contributed by atoms with E-state index in [0.29, 0.717) is 24.6 Å². The van der Waals surface area contributed by atoms with Crippen LogP contribution >= 0.6 is 0 Å². The first-order valence-electron chi connectivity index (χ1n) is 11.1. The fraction of sp³-hybridized carbons (Fsp3) is 0.360. The van der Waals surface area contributed by atoms with Crippen molar-refractivity contribution >= 4 is 16.9 Å². The molecule has 1 fully saturated rings. The zero-order valence-electron chi connectivity index (χ0n) is 19.0. The third-order valence-electron chi connectivity index (χ3n) is 6.40. The van der Waals surface area contributed by atoms with Gasteiger partial charge >= 0.3 is 0 Å². The number of hydrogen-bond donors (Lipinski definition) is 1. The maximum Gasteiger partial charge on any atom is 0.252 e. The quantitative estimate of drug-likeness (QED) is 0.505. The highest BCUT2D eigenvalue weighted by Crippen LogP contribution is 2.40. The number of nitrogens with one attached hydrogen (secondary N) is 1. The number of pyridine rings is 1.